The molecule has 1 aliphatic heterocycles. The number of carbonyl (C=O) groups excluding carboxylic acids is 1. The number of nitrogens with zero attached hydrogens (tertiary/aromatic N) is 3. The lowest BCUT2D eigenvalue weighted by Gasteiger charge is -2.22. The van der Waals surface area contributed by atoms with Gasteiger partial charge in [0.2, 0.25) is 0 Å². The summed E-state index contributed by atoms with van der Waals surface area (Å²) in [6, 6.07) is 1.88. The van der Waals surface area contributed by atoms with Crippen LogP contribution >= 0.6 is 0 Å². The van der Waals surface area contributed by atoms with Crippen LogP contribution in [0.25, 0.3) is 0 Å². The summed E-state index contributed by atoms with van der Waals surface area (Å²) >= 11 is 0. The molecule has 9 heteroatoms. The zero-order valence-corrected chi connectivity index (χ0v) is 11.6. The van der Waals surface area contributed by atoms with Crippen molar-refractivity contribution in [3.8, 4) is 0 Å². The molecule has 1 fully saturated rings. The first-order valence-electron chi connectivity index (χ1n) is 6.61. The van der Waals surface area contributed by atoms with Crippen LogP contribution in [-0.4, -0.2) is 37.8 Å². The van der Waals surface area contributed by atoms with Crippen molar-refractivity contribution in [3.63, 3.8) is 0 Å². The van der Waals surface area contributed by atoms with E-state index in [0.717, 1.165) is 12.1 Å². The lowest BCUT2D eigenvalue weighted by Crippen LogP contribution is -2.35. The zero-order chi connectivity index (χ0) is 16.6. The molecule has 0 saturated carbocycles. The van der Waals surface area contributed by atoms with Crippen LogP contribution in [0.3, 0.4) is 0 Å². The summed E-state index contributed by atoms with van der Waals surface area (Å²) in [5.74, 6) is -2.19. The zero-order valence-electron chi connectivity index (χ0n) is 11.6. The molecule has 1 N–H and O–H groups in total. The van der Waals surface area contributed by atoms with E-state index in [1.807, 2.05) is 0 Å². The molecule has 2 unspecified atom stereocenters. The topological polar surface area (TPSA) is 84.7 Å². The molecule has 2 heterocycles. The highest BCUT2D eigenvalue weighted by atomic mass is 19.2. The number of hydrogen-bond donors (Lipinski definition) is 1. The van der Waals surface area contributed by atoms with Gasteiger partial charge in [0.15, 0.2) is 11.6 Å². The van der Waals surface area contributed by atoms with Gasteiger partial charge in [-0.3, -0.25) is 0 Å². The molecule has 0 radical (unpaired) electrons. The number of aromatic nitrogens is 2. The van der Waals surface area contributed by atoms with Gasteiger partial charge >= 0.3 is 12.2 Å². The number of carboxylic acid groups (broad SMARTS) is 1. The summed E-state index contributed by atoms with van der Waals surface area (Å²) < 4.78 is 33.3. The van der Waals surface area contributed by atoms with E-state index in [2.05, 4.69) is 4.98 Å². The molecule has 0 spiro atoms. The van der Waals surface area contributed by atoms with Crippen LogP contribution in [0.2, 0.25) is 0 Å². The minimum Gasteiger partial charge on any atom is -0.465 e. The van der Waals surface area contributed by atoms with Crippen molar-refractivity contribution in [3.05, 3.63) is 54.1 Å². The number of hydrogen-bond acceptors (Lipinski definition) is 4. The second kappa shape index (κ2) is 5.67. The largest absolute Gasteiger partial charge is 0.465 e. The molecular weight excluding hydrogens is 312 g/mol. The predicted molar refractivity (Wildman–Crippen MR) is 71.5 cm³/mol. The Balaban J connectivity index is 1.99. The highest BCUT2D eigenvalue weighted by Gasteiger charge is 2.46. The number of carbonyl (C=O) groups is 2. The fraction of sp³-hybridized carbons (Fsp3) is 0.214. The van der Waals surface area contributed by atoms with Gasteiger partial charge in [0.25, 0.3) is 0 Å². The molecule has 1 aliphatic rings. The fourth-order valence-electron chi connectivity index (χ4n) is 2.53. The first-order chi connectivity index (χ1) is 11.0. The second-order valence-corrected chi connectivity index (χ2v) is 4.95. The van der Waals surface area contributed by atoms with Gasteiger partial charge in [-0.1, -0.05) is 6.07 Å². The van der Waals surface area contributed by atoms with E-state index in [1.54, 1.807) is 10.8 Å². The van der Waals surface area contributed by atoms with E-state index in [-0.39, 0.29) is 12.1 Å². The number of benzene rings is 1. The van der Waals surface area contributed by atoms with Crippen LogP contribution in [0.1, 0.15) is 11.6 Å². The molecule has 23 heavy (non-hydrogen) atoms. The van der Waals surface area contributed by atoms with Crippen molar-refractivity contribution in [2.45, 2.75) is 18.7 Å². The molecule has 1 aromatic heterocycles. The van der Waals surface area contributed by atoms with Crippen LogP contribution in [0.15, 0.2) is 36.9 Å². The first-order valence-corrected chi connectivity index (χ1v) is 6.61. The Morgan fingerprint density at radius 3 is 2.74 bits per heavy atom. The number of halogens is 2. The van der Waals surface area contributed by atoms with E-state index in [9.17, 15) is 23.5 Å². The second-order valence-electron chi connectivity index (χ2n) is 4.95. The monoisotopic (exact) mass is 323 g/mol. The summed E-state index contributed by atoms with van der Waals surface area (Å²) in [7, 11) is 0. The van der Waals surface area contributed by atoms with E-state index >= 15 is 0 Å². The predicted octanol–water partition coefficient (Wildman–Crippen LogP) is 2.40. The van der Waals surface area contributed by atoms with Gasteiger partial charge in [-0.15, -0.1) is 0 Å². The molecule has 0 aliphatic carbocycles. The van der Waals surface area contributed by atoms with Crippen molar-refractivity contribution in [1.29, 1.82) is 0 Å². The van der Waals surface area contributed by atoms with E-state index in [1.165, 1.54) is 18.6 Å². The molecule has 1 aromatic carbocycles. The van der Waals surface area contributed by atoms with Crippen LogP contribution in [0.5, 0.6) is 0 Å². The maximum Gasteiger partial charge on any atom is 0.420 e. The lowest BCUT2D eigenvalue weighted by molar-refractivity contribution is 0.119. The molecule has 1 saturated heterocycles. The summed E-state index contributed by atoms with van der Waals surface area (Å²) in [6.45, 7) is 0.124. The smallest absolute Gasteiger partial charge is 0.420 e. The highest BCUT2D eigenvalue weighted by Crippen LogP contribution is 2.35. The third-order valence-electron chi connectivity index (χ3n) is 3.52. The lowest BCUT2D eigenvalue weighted by atomic mass is 10.0. The quantitative estimate of drug-likeness (QED) is 0.937. The SMILES string of the molecule is O=C(O)N1C(=O)OC(Cn2ccnc2)C1c1ccc(F)c(F)c1. The van der Waals surface area contributed by atoms with Gasteiger partial charge in [0, 0.05) is 12.4 Å². The average Bonchev–Trinajstić information content (AvgIpc) is 3.10. The summed E-state index contributed by atoms with van der Waals surface area (Å²) in [4.78, 5) is 27.5. The summed E-state index contributed by atoms with van der Waals surface area (Å²) in [6.07, 6.45) is 1.12. The number of rotatable bonds is 3. The highest BCUT2D eigenvalue weighted by molar-refractivity contribution is 5.89. The molecule has 0 bridgehead atoms. The van der Waals surface area contributed by atoms with Crippen LogP contribution in [-0.2, 0) is 11.3 Å². The van der Waals surface area contributed by atoms with Crippen molar-refractivity contribution in [1.82, 2.24) is 14.5 Å². The van der Waals surface area contributed by atoms with Gasteiger partial charge < -0.3 is 14.4 Å². The minimum absolute atomic E-state index is 0.124. The van der Waals surface area contributed by atoms with Crippen molar-refractivity contribution in [2.75, 3.05) is 0 Å². The first kappa shape index (κ1) is 14.9. The Bertz CT molecular complexity index is 750. The molecular formula is C14H11F2N3O4. The third-order valence-corrected chi connectivity index (χ3v) is 3.52. The Morgan fingerprint density at radius 1 is 1.35 bits per heavy atom. The summed E-state index contributed by atoms with van der Waals surface area (Å²) in [5, 5.41) is 9.22. The minimum atomic E-state index is -1.53. The molecule has 2 amide bonds. The van der Waals surface area contributed by atoms with Crippen molar-refractivity contribution < 1.29 is 28.2 Å². The molecule has 2 aromatic rings. The maximum atomic E-state index is 13.5. The standard InChI is InChI=1S/C14H11F2N3O4/c15-9-2-1-8(5-10(9)16)12-11(6-18-4-3-17-7-18)23-14(22)19(12)13(20)21/h1-5,7,11-12H,6H2,(H,20,21). The molecule has 2 atom stereocenters. The van der Waals surface area contributed by atoms with Gasteiger partial charge in [0.05, 0.1) is 12.9 Å². The Hall–Kier alpha value is -2.97. The van der Waals surface area contributed by atoms with Gasteiger partial charge in [-0.2, -0.15) is 0 Å². The Labute approximate surface area is 128 Å². The van der Waals surface area contributed by atoms with Gasteiger partial charge in [-0.25, -0.2) is 28.3 Å². The van der Waals surface area contributed by atoms with Crippen molar-refractivity contribution >= 4 is 12.2 Å². The summed E-state index contributed by atoms with van der Waals surface area (Å²) in [5.41, 5.74) is 0.127. The molecule has 120 valence electrons. The van der Waals surface area contributed by atoms with Crippen molar-refractivity contribution in [2.24, 2.45) is 0 Å². The normalized spacial score (nSPS) is 20.6. The van der Waals surface area contributed by atoms with Crippen LogP contribution in [0, 0.1) is 11.6 Å². The Morgan fingerprint density at radius 2 is 2.13 bits per heavy atom. The van der Waals surface area contributed by atoms with E-state index < -0.39 is 36.0 Å². The van der Waals surface area contributed by atoms with Gasteiger partial charge in [0.1, 0.15) is 12.1 Å². The third kappa shape index (κ3) is 2.72. The van der Waals surface area contributed by atoms with Crippen LogP contribution in [0.4, 0.5) is 18.4 Å². The fourth-order valence-corrected chi connectivity index (χ4v) is 2.53. The number of imide groups is 1. The Kier molecular flexibility index (Phi) is 3.68. The van der Waals surface area contributed by atoms with E-state index in [4.69, 9.17) is 4.74 Å². The number of cyclic esters (lactones) is 1. The number of ether oxygens (including phenoxy) is 1. The maximum absolute atomic E-state index is 13.5. The number of amides is 2. The van der Waals surface area contributed by atoms with Crippen LogP contribution < -0.4 is 0 Å². The average molecular weight is 323 g/mol. The van der Waals surface area contributed by atoms with E-state index in [0.29, 0.717) is 4.90 Å². The molecule has 3 rings (SSSR count). The number of imidazole rings is 1. The van der Waals surface area contributed by atoms with Gasteiger partial charge in [-0.05, 0) is 17.7 Å². The molecule has 7 nitrogen and oxygen atoms in total.